The molecule has 0 aromatic rings. The molecular weight excluding hydrogens is 280 g/mol. The SMILES string of the molecule is CC1CCCCC1N(C)C(=O)C1(C(N)=S)CCCCCC1. The molecule has 2 saturated carbocycles. The van der Waals surface area contributed by atoms with Crippen LogP contribution in [0.3, 0.4) is 0 Å². The van der Waals surface area contributed by atoms with Gasteiger partial charge < -0.3 is 10.6 Å². The summed E-state index contributed by atoms with van der Waals surface area (Å²) in [4.78, 5) is 15.6. The summed E-state index contributed by atoms with van der Waals surface area (Å²) in [6.45, 7) is 2.27. The molecule has 21 heavy (non-hydrogen) atoms. The molecule has 2 N–H and O–H groups in total. The minimum Gasteiger partial charge on any atom is -0.392 e. The molecule has 0 aromatic carbocycles. The van der Waals surface area contributed by atoms with E-state index in [1.165, 1.54) is 32.1 Å². The van der Waals surface area contributed by atoms with Gasteiger partial charge in [0.25, 0.3) is 0 Å². The molecule has 2 rings (SSSR count). The van der Waals surface area contributed by atoms with Gasteiger partial charge in [0.2, 0.25) is 5.91 Å². The highest BCUT2D eigenvalue weighted by Gasteiger charge is 2.45. The van der Waals surface area contributed by atoms with E-state index in [0.29, 0.717) is 16.9 Å². The second kappa shape index (κ2) is 7.08. The van der Waals surface area contributed by atoms with Gasteiger partial charge in [0.05, 0.1) is 10.4 Å². The van der Waals surface area contributed by atoms with E-state index in [1.54, 1.807) is 0 Å². The first-order valence-electron chi connectivity index (χ1n) is 8.56. The third-order valence-electron chi connectivity index (χ3n) is 5.72. The summed E-state index contributed by atoms with van der Waals surface area (Å²) in [5.41, 5.74) is 5.49. The van der Waals surface area contributed by atoms with Crippen LogP contribution in [0.1, 0.15) is 71.1 Å². The molecule has 2 unspecified atom stereocenters. The Kier molecular flexibility index (Phi) is 5.64. The lowest BCUT2D eigenvalue weighted by atomic mass is 9.77. The smallest absolute Gasteiger partial charge is 0.235 e. The fourth-order valence-corrected chi connectivity index (χ4v) is 4.55. The van der Waals surface area contributed by atoms with E-state index in [-0.39, 0.29) is 5.91 Å². The zero-order valence-corrected chi connectivity index (χ0v) is 14.4. The molecular formula is C17H30N2OS. The van der Waals surface area contributed by atoms with Gasteiger partial charge in [-0.2, -0.15) is 0 Å². The molecule has 4 heteroatoms. The van der Waals surface area contributed by atoms with Crippen molar-refractivity contribution in [1.29, 1.82) is 0 Å². The Morgan fingerprint density at radius 2 is 1.67 bits per heavy atom. The second-order valence-corrected chi connectivity index (χ2v) is 7.55. The largest absolute Gasteiger partial charge is 0.392 e. The third kappa shape index (κ3) is 3.41. The van der Waals surface area contributed by atoms with E-state index in [2.05, 4.69) is 6.92 Å². The van der Waals surface area contributed by atoms with Crippen LogP contribution in [0.5, 0.6) is 0 Å². The van der Waals surface area contributed by atoms with E-state index in [0.717, 1.165) is 32.1 Å². The molecule has 0 radical (unpaired) electrons. The monoisotopic (exact) mass is 310 g/mol. The fourth-order valence-electron chi connectivity index (χ4n) is 4.26. The number of nitrogens with two attached hydrogens (primary N) is 1. The van der Waals surface area contributed by atoms with E-state index in [4.69, 9.17) is 18.0 Å². The molecule has 1 amide bonds. The Morgan fingerprint density at radius 3 is 2.19 bits per heavy atom. The van der Waals surface area contributed by atoms with Crippen molar-refractivity contribution in [2.45, 2.75) is 77.2 Å². The lowest BCUT2D eigenvalue weighted by Crippen LogP contribution is -2.53. The van der Waals surface area contributed by atoms with Crippen LogP contribution in [-0.4, -0.2) is 28.9 Å². The standard InChI is InChI=1S/C17H30N2OS/c1-13-9-5-6-10-14(13)19(2)16(20)17(15(18)21)11-7-3-4-8-12-17/h13-14H,3-12H2,1-2H3,(H2,18,21). The van der Waals surface area contributed by atoms with Crippen molar-refractivity contribution < 1.29 is 4.79 Å². The zero-order chi connectivity index (χ0) is 15.5. The quantitative estimate of drug-likeness (QED) is 0.639. The summed E-state index contributed by atoms with van der Waals surface area (Å²) < 4.78 is 0. The maximum atomic E-state index is 13.2. The molecule has 120 valence electrons. The summed E-state index contributed by atoms with van der Waals surface area (Å²) in [6.07, 6.45) is 11.1. The number of hydrogen-bond acceptors (Lipinski definition) is 2. The normalized spacial score (nSPS) is 29.4. The molecule has 0 heterocycles. The van der Waals surface area contributed by atoms with Gasteiger partial charge in [-0.1, -0.05) is 57.7 Å². The highest BCUT2D eigenvalue weighted by molar-refractivity contribution is 7.80. The van der Waals surface area contributed by atoms with Crippen LogP contribution in [0.2, 0.25) is 0 Å². The van der Waals surface area contributed by atoms with E-state index in [9.17, 15) is 4.79 Å². The van der Waals surface area contributed by atoms with Crippen LogP contribution >= 0.6 is 12.2 Å². The first kappa shape index (κ1) is 16.7. The van der Waals surface area contributed by atoms with Crippen LogP contribution < -0.4 is 5.73 Å². The van der Waals surface area contributed by atoms with Crippen LogP contribution in [0.4, 0.5) is 0 Å². The van der Waals surface area contributed by atoms with Crippen LogP contribution in [0.15, 0.2) is 0 Å². The van der Waals surface area contributed by atoms with Crippen molar-refractivity contribution in [2.24, 2.45) is 17.1 Å². The molecule has 0 aromatic heterocycles. The zero-order valence-electron chi connectivity index (χ0n) is 13.6. The summed E-state index contributed by atoms with van der Waals surface area (Å²) in [5.74, 6) is 0.775. The Balaban J connectivity index is 2.19. The van der Waals surface area contributed by atoms with Gasteiger partial charge in [-0.25, -0.2) is 0 Å². The van der Waals surface area contributed by atoms with Gasteiger partial charge in [0, 0.05) is 13.1 Å². The van der Waals surface area contributed by atoms with Crippen molar-refractivity contribution in [1.82, 2.24) is 4.90 Å². The molecule has 3 nitrogen and oxygen atoms in total. The van der Waals surface area contributed by atoms with E-state index in [1.807, 2.05) is 11.9 Å². The topological polar surface area (TPSA) is 46.3 Å². The first-order chi connectivity index (χ1) is 9.99. The maximum Gasteiger partial charge on any atom is 0.235 e. The second-order valence-electron chi connectivity index (χ2n) is 7.11. The van der Waals surface area contributed by atoms with Crippen molar-refractivity contribution >= 4 is 23.1 Å². The molecule has 2 fully saturated rings. The predicted molar refractivity (Wildman–Crippen MR) is 91.1 cm³/mol. The summed E-state index contributed by atoms with van der Waals surface area (Å²) in [5, 5.41) is 0. The minimum atomic E-state index is -0.572. The number of thiocarbonyl (C=S) groups is 1. The Labute approximate surface area is 134 Å². The number of rotatable bonds is 3. The number of hydrogen-bond donors (Lipinski definition) is 1. The van der Waals surface area contributed by atoms with Crippen LogP contribution in [0.25, 0.3) is 0 Å². The number of carbonyl (C=O) groups is 1. The van der Waals surface area contributed by atoms with Crippen LogP contribution in [0, 0.1) is 11.3 Å². The van der Waals surface area contributed by atoms with Gasteiger partial charge in [-0.15, -0.1) is 0 Å². The molecule has 2 aliphatic rings. The maximum absolute atomic E-state index is 13.2. The van der Waals surface area contributed by atoms with Gasteiger partial charge in [0.1, 0.15) is 0 Å². The average molecular weight is 311 g/mol. The first-order valence-corrected chi connectivity index (χ1v) is 8.97. The number of nitrogens with zero attached hydrogens (tertiary/aromatic N) is 1. The Morgan fingerprint density at radius 1 is 1.10 bits per heavy atom. The lowest BCUT2D eigenvalue weighted by Gasteiger charge is -2.41. The fraction of sp³-hybridized carbons (Fsp3) is 0.882. The summed E-state index contributed by atoms with van der Waals surface area (Å²) in [6, 6.07) is 0.362. The summed E-state index contributed by atoms with van der Waals surface area (Å²) in [7, 11) is 1.97. The average Bonchev–Trinajstić information content (AvgIpc) is 2.73. The molecule has 0 spiro atoms. The van der Waals surface area contributed by atoms with Crippen molar-refractivity contribution in [3.63, 3.8) is 0 Å². The molecule has 0 aliphatic heterocycles. The van der Waals surface area contributed by atoms with Crippen LogP contribution in [-0.2, 0) is 4.79 Å². The molecule has 0 bridgehead atoms. The van der Waals surface area contributed by atoms with E-state index < -0.39 is 5.41 Å². The highest BCUT2D eigenvalue weighted by Crippen LogP contribution is 2.39. The summed E-state index contributed by atoms with van der Waals surface area (Å²) >= 11 is 5.34. The van der Waals surface area contributed by atoms with Gasteiger partial charge >= 0.3 is 0 Å². The van der Waals surface area contributed by atoms with Crippen molar-refractivity contribution in [3.8, 4) is 0 Å². The van der Waals surface area contributed by atoms with Gasteiger partial charge in [-0.05, 0) is 31.6 Å². The third-order valence-corrected chi connectivity index (χ3v) is 6.11. The van der Waals surface area contributed by atoms with E-state index >= 15 is 0 Å². The Bertz CT molecular complexity index is 388. The number of amides is 1. The predicted octanol–water partition coefficient (Wildman–Crippen LogP) is 3.65. The van der Waals surface area contributed by atoms with Gasteiger partial charge in [0.15, 0.2) is 0 Å². The Hall–Kier alpha value is -0.640. The van der Waals surface area contributed by atoms with Crippen molar-refractivity contribution in [3.05, 3.63) is 0 Å². The minimum absolute atomic E-state index is 0.190. The lowest BCUT2D eigenvalue weighted by molar-refractivity contribution is -0.141. The number of carbonyl (C=O) groups excluding carboxylic acids is 1. The van der Waals surface area contributed by atoms with Gasteiger partial charge in [-0.3, -0.25) is 4.79 Å². The molecule has 2 atom stereocenters. The highest BCUT2D eigenvalue weighted by atomic mass is 32.1. The molecule has 0 saturated heterocycles. The molecule has 2 aliphatic carbocycles. The van der Waals surface area contributed by atoms with Crippen molar-refractivity contribution in [2.75, 3.05) is 7.05 Å².